The van der Waals surface area contributed by atoms with Crippen LogP contribution in [-0.4, -0.2) is 49.0 Å². The number of sulfonamides is 1. The number of benzene rings is 2. The first-order valence-corrected chi connectivity index (χ1v) is 11.3. The summed E-state index contributed by atoms with van der Waals surface area (Å²) in [6.07, 6.45) is 1.75. The molecule has 10 heteroatoms. The molecule has 31 heavy (non-hydrogen) atoms. The van der Waals surface area contributed by atoms with Crippen molar-refractivity contribution in [1.82, 2.24) is 19.8 Å². The number of carbonyl (C=O) groups excluding carboxylic acids is 1. The van der Waals surface area contributed by atoms with E-state index in [0.29, 0.717) is 24.4 Å². The second-order valence-corrected chi connectivity index (χ2v) is 9.02. The van der Waals surface area contributed by atoms with Crippen LogP contribution in [0.2, 0.25) is 0 Å². The number of nitrogens with one attached hydrogen (secondary N) is 1. The number of methoxy groups -OCH3 is 1. The second-order valence-electron chi connectivity index (χ2n) is 7.08. The van der Waals surface area contributed by atoms with Crippen LogP contribution in [0.3, 0.4) is 0 Å². The third-order valence-electron chi connectivity index (χ3n) is 5.01. The van der Waals surface area contributed by atoms with Gasteiger partial charge in [-0.1, -0.05) is 12.1 Å². The quantitative estimate of drug-likeness (QED) is 0.598. The van der Waals surface area contributed by atoms with Gasteiger partial charge < -0.3 is 14.5 Å². The van der Waals surface area contributed by atoms with Crippen molar-refractivity contribution in [2.75, 3.05) is 20.2 Å². The van der Waals surface area contributed by atoms with Gasteiger partial charge in [-0.25, -0.2) is 8.42 Å². The molecule has 0 spiro atoms. The van der Waals surface area contributed by atoms with Gasteiger partial charge in [0.25, 0.3) is 0 Å². The number of hydrogen-bond acceptors (Lipinski definition) is 7. The number of hydrogen-bond donors (Lipinski definition) is 1. The molecule has 3 aromatic rings. The van der Waals surface area contributed by atoms with Crippen LogP contribution in [0.4, 0.5) is 0 Å². The molecule has 1 amide bonds. The van der Waals surface area contributed by atoms with Gasteiger partial charge >= 0.3 is 11.8 Å². The molecule has 0 atom stereocenters. The van der Waals surface area contributed by atoms with Gasteiger partial charge in [-0.3, -0.25) is 4.79 Å². The summed E-state index contributed by atoms with van der Waals surface area (Å²) < 4.78 is 37.4. The lowest BCUT2D eigenvalue weighted by Gasteiger charge is -2.15. The summed E-state index contributed by atoms with van der Waals surface area (Å²) in [7, 11) is -1.92. The molecular weight excluding hydrogens is 420 g/mol. The van der Waals surface area contributed by atoms with E-state index >= 15 is 0 Å². The molecule has 2 aromatic carbocycles. The van der Waals surface area contributed by atoms with Crippen LogP contribution in [-0.2, 0) is 16.6 Å². The Bertz CT molecular complexity index is 1170. The van der Waals surface area contributed by atoms with Gasteiger partial charge in [-0.15, -0.1) is 10.2 Å². The van der Waals surface area contributed by atoms with E-state index in [1.807, 2.05) is 24.3 Å². The number of carbonyl (C=O) groups is 1. The standard InChI is InChI=1S/C21H22N4O5S/c1-29-17-6-4-5-15(13-17)14-22-19(26)21-24-23-20(30-21)16-7-9-18(10-8-16)31(27,28)25-11-2-3-12-25/h4-10,13H,2-3,11-12,14H2,1H3,(H,22,26). The Kier molecular flexibility index (Phi) is 6.01. The first-order valence-electron chi connectivity index (χ1n) is 9.82. The third-order valence-corrected chi connectivity index (χ3v) is 6.92. The van der Waals surface area contributed by atoms with Crippen LogP contribution in [0.25, 0.3) is 11.5 Å². The van der Waals surface area contributed by atoms with Crippen molar-refractivity contribution >= 4 is 15.9 Å². The normalized spacial score (nSPS) is 14.5. The highest BCUT2D eigenvalue weighted by atomic mass is 32.2. The smallest absolute Gasteiger partial charge is 0.309 e. The molecule has 1 aliphatic heterocycles. The van der Waals surface area contributed by atoms with Gasteiger partial charge in [0.05, 0.1) is 12.0 Å². The molecule has 1 saturated heterocycles. The number of rotatable bonds is 7. The molecule has 0 aliphatic carbocycles. The van der Waals surface area contributed by atoms with Gasteiger partial charge in [-0.05, 0) is 54.8 Å². The van der Waals surface area contributed by atoms with Crippen LogP contribution in [0, 0.1) is 0 Å². The Hall–Kier alpha value is -3.24. The molecule has 162 valence electrons. The zero-order valence-corrected chi connectivity index (χ0v) is 17.8. The molecule has 2 heterocycles. The average molecular weight is 442 g/mol. The summed E-state index contributed by atoms with van der Waals surface area (Å²) in [4.78, 5) is 12.5. The van der Waals surface area contributed by atoms with Gasteiger partial charge in [0.1, 0.15) is 5.75 Å². The molecule has 0 radical (unpaired) electrons. The fourth-order valence-electron chi connectivity index (χ4n) is 3.32. The summed E-state index contributed by atoms with van der Waals surface area (Å²) in [5.74, 6) is 0.153. The van der Waals surface area contributed by atoms with E-state index in [2.05, 4.69) is 15.5 Å². The Morgan fingerprint density at radius 1 is 1.13 bits per heavy atom. The van der Waals surface area contributed by atoms with Crippen LogP contribution >= 0.6 is 0 Å². The molecule has 0 saturated carbocycles. The minimum absolute atomic E-state index is 0.136. The highest BCUT2D eigenvalue weighted by molar-refractivity contribution is 7.89. The predicted octanol–water partition coefficient (Wildman–Crippen LogP) is 2.46. The summed E-state index contributed by atoms with van der Waals surface area (Å²) in [6.45, 7) is 1.36. The molecule has 0 unspecified atom stereocenters. The average Bonchev–Trinajstić information content (AvgIpc) is 3.51. The van der Waals surface area contributed by atoms with E-state index in [-0.39, 0.29) is 23.2 Å². The van der Waals surface area contributed by atoms with E-state index in [9.17, 15) is 13.2 Å². The fourth-order valence-corrected chi connectivity index (χ4v) is 4.84. The second kappa shape index (κ2) is 8.86. The highest BCUT2D eigenvalue weighted by Gasteiger charge is 2.27. The SMILES string of the molecule is COc1cccc(CNC(=O)c2nnc(-c3ccc(S(=O)(=O)N4CCCC4)cc3)o2)c1. The summed E-state index contributed by atoms with van der Waals surface area (Å²) >= 11 is 0. The van der Waals surface area contributed by atoms with Crippen molar-refractivity contribution < 1.29 is 22.4 Å². The number of aromatic nitrogens is 2. The Balaban J connectivity index is 1.42. The highest BCUT2D eigenvalue weighted by Crippen LogP contribution is 2.24. The predicted molar refractivity (Wildman–Crippen MR) is 112 cm³/mol. The van der Waals surface area contributed by atoms with Gasteiger partial charge in [0.15, 0.2) is 0 Å². The topological polar surface area (TPSA) is 115 Å². The summed E-state index contributed by atoms with van der Waals surface area (Å²) in [6, 6.07) is 13.5. The Labute approximate surface area is 180 Å². The molecule has 1 N–H and O–H groups in total. The fraction of sp³-hybridized carbons (Fsp3) is 0.286. The van der Waals surface area contributed by atoms with E-state index in [1.165, 1.54) is 16.4 Å². The maximum atomic E-state index is 12.6. The zero-order valence-electron chi connectivity index (χ0n) is 16.9. The van der Waals surface area contributed by atoms with E-state index in [4.69, 9.17) is 9.15 Å². The zero-order chi connectivity index (χ0) is 21.8. The Morgan fingerprint density at radius 3 is 2.58 bits per heavy atom. The van der Waals surface area contributed by atoms with Crippen molar-refractivity contribution in [2.24, 2.45) is 0 Å². The minimum Gasteiger partial charge on any atom is -0.497 e. The lowest BCUT2D eigenvalue weighted by molar-refractivity contribution is 0.0916. The summed E-state index contributed by atoms with van der Waals surface area (Å²) in [5.41, 5.74) is 1.39. The molecule has 1 fully saturated rings. The van der Waals surface area contributed by atoms with Gasteiger partial charge in [-0.2, -0.15) is 4.31 Å². The monoisotopic (exact) mass is 442 g/mol. The number of nitrogens with zero attached hydrogens (tertiary/aromatic N) is 3. The molecule has 4 rings (SSSR count). The van der Waals surface area contributed by atoms with Crippen molar-refractivity contribution in [2.45, 2.75) is 24.3 Å². The van der Waals surface area contributed by atoms with Gasteiger partial charge in [0.2, 0.25) is 15.9 Å². The maximum absolute atomic E-state index is 12.6. The lowest BCUT2D eigenvalue weighted by atomic mass is 10.2. The Morgan fingerprint density at radius 2 is 1.87 bits per heavy atom. The van der Waals surface area contributed by atoms with Crippen LogP contribution < -0.4 is 10.1 Å². The van der Waals surface area contributed by atoms with Crippen molar-refractivity contribution in [3.63, 3.8) is 0 Å². The molecule has 1 aromatic heterocycles. The van der Waals surface area contributed by atoms with E-state index < -0.39 is 15.9 Å². The maximum Gasteiger partial charge on any atom is 0.309 e. The summed E-state index contributed by atoms with van der Waals surface area (Å²) in [5, 5.41) is 10.4. The van der Waals surface area contributed by atoms with Crippen LogP contribution in [0.5, 0.6) is 5.75 Å². The van der Waals surface area contributed by atoms with Crippen molar-refractivity contribution in [3.05, 3.63) is 60.0 Å². The first-order chi connectivity index (χ1) is 15.0. The first kappa shape index (κ1) is 21.0. The number of amides is 1. The number of ether oxygens (including phenoxy) is 1. The van der Waals surface area contributed by atoms with Gasteiger partial charge in [0, 0.05) is 25.2 Å². The molecular formula is C21H22N4O5S. The lowest BCUT2D eigenvalue weighted by Crippen LogP contribution is -2.27. The molecule has 0 bridgehead atoms. The minimum atomic E-state index is -3.49. The van der Waals surface area contributed by atoms with E-state index in [0.717, 1.165) is 18.4 Å². The molecule has 1 aliphatic rings. The third kappa shape index (κ3) is 4.59. The van der Waals surface area contributed by atoms with Crippen LogP contribution in [0.1, 0.15) is 29.1 Å². The molecule has 9 nitrogen and oxygen atoms in total. The van der Waals surface area contributed by atoms with Crippen molar-refractivity contribution in [1.29, 1.82) is 0 Å². The van der Waals surface area contributed by atoms with E-state index in [1.54, 1.807) is 19.2 Å². The largest absolute Gasteiger partial charge is 0.497 e. The van der Waals surface area contributed by atoms with Crippen LogP contribution in [0.15, 0.2) is 57.8 Å². The van der Waals surface area contributed by atoms with Crippen molar-refractivity contribution in [3.8, 4) is 17.2 Å².